The highest BCUT2D eigenvalue weighted by Crippen LogP contribution is 2.24. The molecule has 2 N–H and O–H groups in total. The highest BCUT2D eigenvalue weighted by Gasteiger charge is 2.14. The Kier molecular flexibility index (Phi) is 6.86. The van der Waals surface area contributed by atoms with Gasteiger partial charge in [0.25, 0.3) is 0 Å². The average molecular weight is 402 g/mol. The number of amides is 1. The van der Waals surface area contributed by atoms with Gasteiger partial charge in [-0.3, -0.25) is 4.79 Å². The van der Waals surface area contributed by atoms with Gasteiger partial charge >= 0.3 is 5.97 Å². The van der Waals surface area contributed by atoms with Gasteiger partial charge in [-0.15, -0.1) is 0 Å². The van der Waals surface area contributed by atoms with Gasteiger partial charge in [0.15, 0.2) is 0 Å². The fourth-order valence-corrected chi connectivity index (χ4v) is 3.20. The molecular formula is C25H26N2O3. The maximum Gasteiger partial charge on any atom is 0.339 e. The average Bonchev–Trinajstić information content (AvgIpc) is 2.76. The summed E-state index contributed by atoms with van der Waals surface area (Å²) in [5, 5.41) is 8.35. The van der Waals surface area contributed by atoms with Gasteiger partial charge in [0.1, 0.15) is 0 Å². The minimum absolute atomic E-state index is 0.307. The standard InChI is InChI=1S/C25H26N2O3/c1-4-13-26-21-11-12-22(25(29)30-3)23(16-21)27-24(28)14-17(2)19-10-9-18-7-5-6-8-20(18)15-19/h5-12,14-16,26H,4,13H2,1-3H3,(H,27,28). The number of anilines is 2. The fraction of sp³-hybridized carbons (Fsp3) is 0.200. The summed E-state index contributed by atoms with van der Waals surface area (Å²) < 4.78 is 4.84. The fourth-order valence-electron chi connectivity index (χ4n) is 3.20. The molecule has 0 radical (unpaired) electrons. The first-order chi connectivity index (χ1) is 14.5. The Bertz CT molecular complexity index is 1100. The molecule has 154 valence electrons. The van der Waals surface area contributed by atoms with E-state index in [0.717, 1.165) is 40.6 Å². The van der Waals surface area contributed by atoms with Crippen LogP contribution in [0.3, 0.4) is 0 Å². The van der Waals surface area contributed by atoms with Crippen LogP contribution in [0.1, 0.15) is 36.2 Å². The Morgan fingerprint density at radius 2 is 1.77 bits per heavy atom. The number of fused-ring (bicyclic) bond motifs is 1. The van der Waals surface area contributed by atoms with E-state index < -0.39 is 5.97 Å². The van der Waals surface area contributed by atoms with Crippen molar-refractivity contribution < 1.29 is 14.3 Å². The summed E-state index contributed by atoms with van der Waals surface area (Å²) in [6.07, 6.45) is 2.51. The number of ether oxygens (including phenoxy) is 1. The zero-order chi connectivity index (χ0) is 21.5. The molecular weight excluding hydrogens is 376 g/mol. The molecule has 5 nitrogen and oxygen atoms in total. The molecule has 0 aliphatic rings. The van der Waals surface area contributed by atoms with Gasteiger partial charge in [-0.1, -0.05) is 43.3 Å². The largest absolute Gasteiger partial charge is 0.465 e. The molecule has 5 heteroatoms. The predicted molar refractivity (Wildman–Crippen MR) is 123 cm³/mol. The van der Waals surface area contributed by atoms with Crippen LogP contribution in [0, 0.1) is 0 Å². The van der Waals surface area contributed by atoms with E-state index in [4.69, 9.17) is 4.74 Å². The first kappa shape index (κ1) is 21.1. The Morgan fingerprint density at radius 1 is 1.00 bits per heavy atom. The molecule has 3 aromatic carbocycles. The van der Waals surface area contributed by atoms with Crippen LogP contribution < -0.4 is 10.6 Å². The van der Waals surface area contributed by atoms with Crippen LogP contribution in [0.5, 0.6) is 0 Å². The zero-order valence-corrected chi connectivity index (χ0v) is 17.5. The second-order valence-corrected chi connectivity index (χ2v) is 7.06. The van der Waals surface area contributed by atoms with Crippen LogP contribution >= 0.6 is 0 Å². The van der Waals surface area contributed by atoms with E-state index in [1.807, 2.05) is 37.3 Å². The predicted octanol–water partition coefficient (Wildman–Crippen LogP) is 5.49. The molecule has 0 bridgehead atoms. The second kappa shape index (κ2) is 9.74. The summed E-state index contributed by atoms with van der Waals surface area (Å²) >= 11 is 0. The van der Waals surface area contributed by atoms with Crippen molar-refractivity contribution in [3.05, 3.63) is 77.9 Å². The summed E-state index contributed by atoms with van der Waals surface area (Å²) in [7, 11) is 1.32. The molecule has 3 rings (SSSR count). The minimum Gasteiger partial charge on any atom is -0.465 e. The van der Waals surface area contributed by atoms with E-state index in [2.05, 4.69) is 29.7 Å². The number of nitrogens with one attached hydrogen (secondary N) is 2. The lowest BCUT2D eigenvalue weighted by atomic mass is 10.0. The number of carbonyl (C=O) groups excluding carboxylic acids is 2. The highest BCUT2D eigenvalue weighted by molar-refractivity contribution is 6.08. The zero-order valence-electron chi connectivity index (χ0n) is 17.5. The molecule has 0 aromatic heterocycles. The van der Waals surface area contributed by atoms with Crippen LogP contribution in [0.15, 0.2) is 66.7 Å². The van der Waals surface area contributed by atoms with Gasteiger partial charge in [0, 0.05) is 18.3 Å². The van der Waals surface area contributed by atoms with E-state index in [1.54, 1.807) is 18.2 Å². The van der Waals surface area contributed by atoms with Crippen molar-refractivity contribution in [3.63, 3.8) is 0 Å². The molecule has 1 amide bonds. The number of methoxy groups -OCH3 is 1. The van der Waals surface area contributed by atoms with Crippen LogP contribution in [0.25, 0.3) is 16.3 Å². The smallest absolute Gasteiger partial charge is 0.339 e. The van der Waals surface area contributed by atoms with E-state index in [0.29, 0.717) is 11.3 Å². The number of hydrogen-bond donors (Lipinski definition) is 2. The van der Waals surface area contributed by atoms with Gasteiger partial charge in [-0.05, 0) is 59.5 Å². The lowest BCUT2D eigenvalue weighted by molar-refractivity contribution is -0.111. The van der Waals surface area contributed by atoms with Gasteiger partial charge in [0.2, 0.25) is 5.91 Å². The number of benzene rings is 3. The molecule has 0 heterocycles. The van der Waals surface area contributed by atoms with Gasteiger partial charge in [-0.25, -0.2) is 4.79 Å². The van der Waals surface area contributed by atoms with Gasteiger partial charge < -0.3 is 15.4 Å². The number of hydrogen-bond acceptors (Lipinski definition) is 4. The number of allylic oxidation sites excluding steroid dienone is 1. The topological polar surface area (TPSA) is 67.4 Å². The summed E-state index contributed by atoms with van der Waals surface area (Å²) in [6, 6.07) is 19.4. The van der Waals surface area contributed by atoms with Crippen LogP contribution in [0.2, 0.25) is 0 Å². The van der Waals surface area contributed by atoms with E-state index in [-0.39, 0.29) is 5.91 Å². The quantitative estimate of drug-likeness (QED) is 0.405. The summed E-state index contributed by atoms with van der Waals surface area (Å²) in [6.45, 7) is 4.76. The Labute approximate surface area is 176 Å². The molecule has 0 saturated carbocycles. The van der Waals surface area contributed by atoms with Crippen molar-refractivity contribution in [2.75, 3.05) is 24.3 Å². The monoisotopic (exact) mass is 402 g/mol. The molecule has 0 aliphatic heterocycles. The Hall–Kier alpha value is -3.60. The van der Waals surface area contributed by atoms with Gasteiger partial charge in [-0.2, -0.15) is 0 Å². The molecule has 0 atom stereocenters. The normalized spacial score (nSPS) is 11.2. The molecule has 0 spiro atoms. The molecule has 0 aliphatic carbocycles. The summed E-state index contributed by atoms with van der Waals surface area (Å²) in [5.74, 6) is -0.805. The first-order valence-electron chi connectivity index (χ1n) is 9.96. The third-order valence-electron chi connectivity index (χ3n) is 4.81. The van der Waals surface area contributed by atoms with Crippen molar-refractivity contribution in [1.82, 2.24) is 0 Å². The second-order valence-electron chi connectivity index (χ2n) is 7.06. The number of carbonyl (C=O) groups is 2. The third-order valence-corrected chi connectivity index (χ3v) is 4.81. The Morgan fingerprint density at radius 3 is 2.50 bits per heavy atom. The van der Waals surface area contributed by atoms with Crippen molar-refractivity contribution in [2.45, 2.75) is 20.3 Å². The third kappa shape index (κ3) is 5.06. The summed E-state index contributed by atoms with van der Waals surface area (Å²) in [4.78, 5) is 24.8. The highest BCUT2D eigenvalue weighted by atomic mass is 16.5. The molecule has 0 unspecified atom stereocenters. The van der Waals surface area contributed by atoms with E-state index >= 15 is 0 Å². The van der Waals surface area contributed by atoms with Crippen molar-refractivity contribution in [1.29, 1.82) is 0 Å². The van der Waals surface area contributed by atoms with Crippen LogP contribution in [-0.2, 0) is 9.53 Å². The van der Waals surface area contributed by atoms with Crippen molar-refractivity contribution in [3.8, 4) is 0 Å². The maximum absolute atomic E-state index is 12.7. The molecule has 30 heavy (non-hydrogen) atoms. The SMILES string of the molecule is CCCNc1ccc(C(=O)OC)c(NC(=O)C=C(C)c2ccc3ccccc3c2)c1. The number of rotatable bonds is 7. The van der Waals surface area contributed by atoms with Crippen molar-refractivity contribution >= 4 is 39.6 Å². The van der Waals surface area contributed by atoms with E-state index in [9.17, 15) is 9.59 Å². The Balaban J connectivity index is 1.84. The maximum atomic E-state index is 12.7. The van der Waals surface area contributed by atoms with E-state index in [1.165, 1.54) is 13.2 Å². The number of esters is 1. The lowest BCUT2D eigenvalue weighted by Gasteiger charge is -2.12. The van der Waals surface area contributed by atoms with Gasteiger partial charge in [0.05, 0.1) is 18.4 Å². The minimum atomic E-state index is -0.498. The lowest BCUT2D eigenvalue weighted by Crippen LogP contribution is -2.14. The van der Waals surface area contributed by atoms with Crippen LogP contribution in [0.4, 0.5) is 11.4 Å². The molecule has 0 fully saturated rings. The van der Waals surface area contributed by atoms with Crippen LogP contribution in [-0.4, -0.2) is 25.5 Å². The first-order valence-corrected chi connectivity index (χ1v) is 9.96. The molecule has 0 saturated heterocycles. The van der Waals surface area contributed by atoms with Crippen molar-refractivity contribution in [2.24, 2.45) is 0 Å². The summed E-state index contributed by atoms with van der Waals surface area (Å²) in [5.41, 5.74) is 3.35. The molecule has 3 aromatic rings.